The van der Waals surface area contributed by atoms with Gasteiger partial charge in [0.25, 0.3) is 5.91 Å². The number of nitrogens with one attached hydrogen (secondary N) is 1. The molecule has 0 saturated carbocycles. The molecule has 5 heteroatoms. The number of carbonyl (C=O) groups excluding carboxylic acids is 1. The van der Waals surface area contributed by atoms with Gasteiger partial charge in [-0.1, -0.05) is 12.1 Å². The van der Waals surface area contributed by atoms with E-state index in [1.54, 1.807) is 6.20 Å². The normalized spacial score (nSPS) is 18.2. The van der Waals surface area contributed by atoms with Crippen LogP contribution in [0.2, 0.25) is 0 Å². The second kappa shape index (κ2) is 6.64. The molecular weight excluding hydrogens is 278 g/mol. The SMILES string of the molecule is CCOc1ccccc1C(=O)N1CCCC(c2ccn[nH]2)C1. The predicted octanol–water partition coefficient (Wildman–Crippen LogP) is 2.83. The van der Waals surface area contributed by atoms with E-state index in [9.17, 15) is 4.79 Å². The quantitative estimate of drug-likeness (QED) is 0.944. The van der Waals surface area contributed by atoms with Gasteiger partial charge in [-0.15, -0.1) is 0 Å². The van der Waals surface area contributed by atoms with Gasteiger partial charge in [0, 0.05) is 30.9 Å². The van der Waals surface area contributed by atoms with Crippen LogP contribution in [0.1, 0.15) is 41.7 Å². The molecule has 1 atom stereocenters. The van der Waals surface area contributed by atoms with E-state index in [1.165, 1.54) is 0 Å². The second-order valence-corrected chi connectivity index (χ2v) is 5.53. The van der Waals surface area contributed by atoms with E-state index in [0.29, 0.717) is 23.8 Å². The number of benzene rings is 1. The van der Waals surface area contributed by atoms with E-state index < -0.39 is 0 Å². The molecule has 1 fully saturated rings. The molecule has 1 aliphatic rings. The van der Waals surface area contributed by atoms with Crippen LogP contribution in [0.5, 0.6) is 5.75 Å². The molecule has 1 saturated heterocycles. The Balaban J connectivity index is 1.77. The molecule has 1 aromatic carbocycles. The lowest BCUT2D eigenvalue weighted by atomic mass is 9.94. The molecule has 1 amide bonds. The van der Waals surface area contributed by atoms with Crippen LogP contribution >= 0.6 is 0 Å². The van der Waals surface area contributed by atoms with Crippen LogP contribution in [0.25, 0.3) is 0 Å². The maximum absolute atomic E-state index is 12.8. The minimum atomic E-state index is 0.0493. The summed E-state index contributed by atoms with van der Waals surface area (Å²) in [7, 11) is 0. The molecule has 3 rings (SSSR count). The average Bonchev–Trinajstić information content (AvgIpc) is 3.10. The first-order chi connectivity index (χ1) is 10.8. The Hall–Kier alpha value is -2.30. The van der Waals surface area contributed by atoms with Crippen LogP contribution in [-0.2, 0) is 0 Å². The summed E-state index contributed by atoms with van der Waals surface area (Å²) in [6.45, 7) is 4.00. The molecule has 5 nitrogen and oxygen atoms in total. The van der Waals surface area contributed by atoms with Gasteiger partial charge < -0.3 is 9.64 Å². The van der Waals surface area contributed by atoms with E-state index in [1.807, 2.05) is 42.2 Å². The van der Waals surface area contributed by atoms with Crippen molar-refractivity contribution in [3.63, 3.8) is 0 Å². The van der Waals surface area contributed by atoms with Crippen molar-refractivity contribution in [1.29, 1.82) is 0 Å². The van der Waals surface area contributed by atoms with Crippen molar-refractivity contribution in [3.8, 4) is 5.75 Å². The minimum Gasteiger partial charge on any atom is -0.493 e. The summed E-state index contributed by atoms with van der Waals surface area (Å²) in [4.78, 5) is 14.8. The molecule has 2 aromatic rings. The highest BCUT2D eigenvalue weighted by atomic mass is 16.5. The molecule has 1 aliphatic heterocycles. The molecule has 116 valence electrons. The molecule has 22 heavy (non-hydrogen) atoms. The van der Waals surface area contributed by atoms with Crippen LogP contribution < -0.4 is 4.74 Å². The first-order valence-electron chi connectivity index (χ1n) is 7.80. The number of para-hydroxylation sites is 1. The van der Waals surface area contributed by atoms with Gasteiger partial charge >= 0.3 is 0 Å². The predicted molar refractivity (Wildman–Crippen MR) is 84.1 cm³/mol. The van der Waals surface area contributed by atoms with Gasteiger partial charge in [-0.2, -0.15) is 5.10 Å². The van der Waals surface area contributed by atoms with Crippen molar-refractivity contribution in [2.24, 2.45) is 0 Å². The third-order valence-corrected chi connectivity index (χ3v) is 4.09. The number of aromatic amines is 1. The molecule has 0 aliphatic carbocycles. The van der Waals surface area contributed by atoms with Crippen LogP contribution in [0.4, 0.5) is 0 Å². The van der Waals surface area contributed by atoms with Gasteiger partial charge in [0.1, 0.15) is 5.75 Å². The number of likely N-dealkylation sites (tertiary alicyclic amines) is 1. The molecular formula is C17H21N3O2. The number of hydrogen-bond acceptors (Lipinski definition) is 3. The number of rotatable bonds is 4. The molecule has 0 bridgehead atoms. The molecule has 1 N–H and O–H groups in total. The fourth-order valence-corrected chi connectivity index (χ4v) is 3.00. The van der Waals surface area contributed by atoms with Crippen LogP contribution in [0.3, 0.4) is 0 Å². The fourth-order valence-electron chi connectivity index (χ4n) is 3.00. The standard InChI is InChI=1S/C17H21N3O2/c1-2-22-16-8-4-3-7-14(16)17(21)20-11-5-6-13(12-20)15-9-10-18-19-15/h3-4,7-10,13H,2,5-6,11-12H2,1H3,(H,18,19). The van der Waals surface area contributed by atoms with Crippen molar-refractivity contribution in [1.82, 2.24) is 15.1 Å². The smallest absolute Gasteiger partial charge is 0.257 e. The summed E-state index contributed by atoms with van der Waals surface area (Å²) in [5, 5.41) is 7.04. The average molecular weight is 299 g/mol. The highest BCUT2D eigenvalue weighted by Crippen LogP contribution is 2.28. The summed E-state index contributed by atoms with van der Waals surface area (Å²) in [5.41, 5.74) is 1.75. The minimum absolute atomic E-state index is 0.0493. The third kappa shape index (κ3) is 2.98. The zero-order valence-corrected chi connectivity index (χ0v) is 12.8. The first-order valence-corrected chi connectivity index (χ1v) is 7.80. The highest BCUT2D eigenvalue weighted by Gasteiger charge is 2.27. The zero-order chi connectivity index (χ0) is 15.4. The van der Waals surface area contributed by atoms with Gasteiger partial charge in [-0.05, 0) is 38.0 Å². The Morgan fingerprint density at radius 1 is 1.41 bits per heavy atom. The van der Waals surface area contributed by atoms with Gasteiger partial charge in [0.2, 0.25) is 0 Å². The lowest BCUT2D eigenvalue weighted by molar-refractivity contribution is 0.0701. The summed E-state index contributed by atoms with van der Waals surface area (Å²) >= 11 is 0. The number of ether oxygens (including phenoxy) is 1. The summed E-state index contributed by atoms with van der Waals surface area (Å²) in [6, 6.07) is 9.46. The lowest BCUT2D eigenvalue weighted by Crippen LogP contribution is -2.39. The van der Waals surface area contributed by atoms with Crippen molar-refractivity contribution < 1.29 is 9.53 Å². The van der Waals surface area contributed by atoms with Crippen LogP contribution in [0.15, 0.2) is 36.5 Å². The Bertz CT molecular complexity index is 625. The van der Waals surface area contributed by atoms with E-state index in [-0.39, 0.29) is 5.91 Å². The Morgan fingerprint density at radius 2 is 2.27 bits per heavy atom. The topological polar surface area (TPSA) is 58.2 Å². The Labute approximate surface area is 130 Å². The van der Waals surface area contributed by atoms with Gasteiger partial charge in [-0.3, -0.25) is 9.89 Å². The van der Waals surface area contributed by atoms with Crippen molar-refractivity contribution >= 4 is 5.91 Å². The Kier molecular flexibility index (Phi) is 4.42. The molecule has 0 spiro atoms. The molecule has 1 unspecified atom stereocenters. The number of H-pyrrole nitrogens is 1. The number of carbonyl (C=O) groups is 1. The monoisotopic (exact) mass is 299 g/mol. The zero-order valence-electron chi connectivity index (χ0n) is 12.8. The lowest BCUT2D eigenvalue weighted by Gasteiger charge is -2.32. The van der Waals surface area contributed by atoms with Gasteiger partial charge in [-0.25, -0.2) is 0 Å². The van der Waals surface area contributed by atoms with Crippen molar-refractivity contribution in [2.75, 3.05) is 19.7 Å². The Morgan fingerprint density at radius 3 is 3.05 bits per heavy atom. The van der Waals surface area contributed by atoms with Crippen molar-refractivity contribution in [3.05, 3.63) is 47.8 Å². The van der Waals surface area contributed by atoms with E-state index in [2.05, 4.69) is 10.2 Å². The number of amides is 1. The fraction of sp³-hybridized carbons (Fsp3) is 0.412. The third-order valence-electron chi connectivity index (χ3n) is 4.09. The maximum Gasteiger partial charge on any atom is 0.257 e. The first kappa shape index (κ1) is 14.6. The molecule has 2 heterocycles. The highest BCUT2D eigenvalue weighted by molar-refractivity contribution is 5.97. The largest absolute Gasteiger partial charge is 0.493 e. The number of piperidine rings is 1. The van der Waals surface area contributed by atoms with Crippen molar-refractivity contribution in [2.45, 2.75) is 25.7 Å². The van der Waals surface area contributed by atoms with Gasteiger partial charge in [0.15, 0.2) is 0 Å². The number of nitrogens with zero attached hydrogens (tertiary/aromatic N) is 2. The van der Waals surface area contributed by atoms with E-state index in [0.717, 1.165) is 31.6 Å². The maximum atomic E-state index is 12.8. The number of aromatic nitrogens is 2. The second-order valence-electron chi connectivity index (χ2n) is 5.53. The van der Waals surface area contributed by atoms with Gasteiger partial charge in [0.05, 0.1) is 12.2 Å². The summed E-state index contributed by atoms with van der Waals surface area (Å²) in [5.74, 6) is 1.05. The van der Waals surface area contributed by atoms with E-state index in [4.69, 9.17) is 4.74 Å². The number of hydrogen-bond donors (Lipinski definition) is 1. The molecule has 0 radical (unpaired) electrons. The summed E-state index contributed by atoms with van der Waals surface area (Å²) in [6.07, 6.45) is 3.85. The summed E-state index contributed by atoms with van der Waals surface area (Å²) < 4.78 is 5.58. The van der Waals surface area contributed by atoms with E-state index >= 15 is 0 Å². The van der Waals surface area contributed by atoms with Crippen LogP contribution in [-0.4, -0.2) is 40.7 Å². The van der Waals surface area contributed by atoms with Crippen LogP contribution in [0, 0.1) is 0 Å². The molecule has 1 aromatic heterocycles.